The summed E-state index contributed by atoms with van der Waals surface area (Å²) in [6, 6.07) is 1.89. The second kappa shape index (κ2) is 7.05. The summed E-state index contributed by atoms with van der Waals surface area (Å²) >= 11 is 0. The molecule has 0 spiro atoms. The van der Waals surface area contributed by atoms with Crippen LogP contribution in [0.3, 0.4) is 0 Å². The maximum absolute atomic E-state index is 6.01. The molecule has 19 heavy (non-hydrogen) atoms. The van der Waals surface area contributed by atoms with E-state index in [2.05, 4.69) is 37.9 Å². The monoisotopic (exact) mass is 268 g/mol. The van der Waals surface area contributed by atoms with Gasteiger partial charge in [-0.25, -0.2) is 0 Å². The zero-order valence-corrected chi connectivity index (χ0v) is 13.2. The predicted molar refractivity (Wildman–Crippen MR) is 80.5 cm³/mol. The van der Waals surface area contributed by atoms with Crippen molar-refractivity contribution in [3.8, 4) is 0 Å². The van der Waals surface area contributed by atoms with Gasteiger partial charge in [-0.1, -0.05) is 40.5 Å². The van der Waals surface area contributed by atoms with E-state index >= 15 is 0 Å². The highest BCUT2D eigenvalue weighted by Crippen LogP contribution is 2.31. The van der Waals surface area contributed by atoms with Gasteiger partial charge in [0.2, 0.25) is 0 Å². The van der Waals surface area contributed by atoms with Crippen LogP contribution in [-0.4, -0.2) is 48.8 Å². The molecular formula is C16H32N2O. The molecule has 3 heteroatoms. The Bertz CT molecular complexity index is 265. The maximum atomic E-state index is 6.01. The number of hydrogen-bond acceptors (Lipinski definition) is 3. The molecule has 3 unspecified atom stereocenters. The first-order chi connectivity index (χ1) is 9.09. The van der Waals surface area contributed by atoms with E-state index in [1.165, 1.54) is 25.7 Å². The molecule has 1 saturated carbocycles. The van der Waals surface area contributed by atoms with Crippen LogP contribution in [0.25, 0.3) is 0 Å². The van der Waals surface area contributed by atoms with Crippen LogP contribution >= 0.6 is 0 Å². The lowest BCUT2D eigenvalue weighted by molar-refractivity contribution is -0.108. The first-order valence-electron chi connectivity index (χ1n) is 8.20. The maximum Gasteiger partial charge on any atom is 0.0731 e. The minimum Gasteiger partial charge on any atom is -0.375 e. The van der Waals surface area contributed by atoms with Crippen LogP contribution in [0.4, 0.5) is 0 Å². The van der Waals surface area contributed by atoms with Crippen LogP contribution in [-0.2, 0) is 4.74 Å². The van der Waals surface area contributed by atoms with Crippen molar-refractivity contribution in [3.05, 3.63) is 0 Å². The second-order valence-corrected chi connectivity index (χ2v) is 6.87. The van der Waals surface area contributed by atoms with Crippen LogP contribution in [0.5, 0.6) is 0 Å². The zero-order valence-electron chi connectivity index (χ0n) is 13.2. The van der Waals surface area contributed by atoms with Gasteiger partial charge < -0.3 is 10.1 Å². The Hall–Kier alpha value is -0.120. The van der Waals surface area contributed by atoms with Gasteiger partial charge in [-0.3, -0.25) is 4.90 Å². The molecule has 3 nitrogen and oxygen atoms in total. The standard InChI is InChI=1S/C16H32N2O/c1-12(2)15(11-17-13(3)4)18-9-10-19-16-8-6-5-7-14(16)18/h12-17H,5-11H2,1-4H3. The largest absolute Gasteiger partial charge is 0.375 e. The summed E-state index contributed by atoms with van der Waals surface area (Å²) in [5.74, 6) is 0.701. The van der Waals surface area contributed by atoms with Gasteiger partial charge in [0, 0.05) is 31.2 Å². The summed E-state index contributed by atoms with van der Waals surface area (Å²) < 4.78 is 6.01. The Kier molecular flexibility index (Phi) is 5.67. The third-order valence-corrected chi connectivity index (χ3v) is 4.71. The molecule has 0 aromatic carbocycles. The second-order valence-electron chi connectivity index (χ2n) is 6.87. The van der Waals surface area contributed by atoms with E-state index in [1.54, 1.807) is 0 Å². The minimum atomic E-state index is 0.503. The Labute approximate surface area is 119 Å². The highest BCUT2D eigenvalue weighted by molar-refractivity contribution is 4.92. The minimum absolute atomic E-state index is 0.503. The van der Waals surface area contributed by atoms with Gasteiger partial charge in [0.05, 0.1) is 12.7 Å². The first kappa shape index (κ1) is 15.3. The molecule has 1 aliphatic heterocycles. The van der Waals surface area contributed by atoms with Crippen molar-refractivity contribution in [1.82, 2.24) is 10.2 Å². The number of ether oxygens (including phenoxy) is 1. The lowest BCUT2D eigenvalue weighted by Gasteiger charge is -2.48. The van der Waals surface area contributed by atoms with Crippen LogP contribution in [0.15, 0.2) is 0 Å². The van der Waals surface area contributed by atoms with E-state index < -0.39 is 0 Å². The van der Waals surface area contributed by atoms with E-state index in [1.807, 2.05) is 0 Å². The average Bonchev–Trinajstić information content (AvgIpc) is 2.38. The third kappa shape index (κ3) is 3.93. The Morgan fingerprint density at radius 3 is 2.58 bits per heavy atom. The van der Waals surface area contributed by atoms with Gasteiger partial charge in [-0.15, -0.1) is 0 Å². The van der Waals surface area contributed by atoms with Crippen molar-refractivity contribution in [1.29, 1.82) is 0 Å². The summed E-state index contributed by atoms with van der Waals surface area (Å²) in [6.45, 7) is 12.3. The molecule has 1 N–H and O–H groups in total. The van der Waals surface area contributed by atoms with E-state index in [4.69, 9.17) is 4.74 Å². The van der Waals surface area contributed by atoms with Crippen molar-refractivity contribution in [2.24, 2.45) is 5.92 Å². The van der Waals surface area contributed by atoms with Gasteiger partial charge >= 0.3 is 0 Å². The SMILES string of the molecule is CC(C)NCC(C(C)C)N1CCOC2CCCCC21. The Morgan fingerprint density at radius 2 is 1.89 bits per heavy atom. The summed E-state index contributed by atoms with van der Waals surface area (Å²) in [6.07, 6.45) is 5.83. The molecule has 0 aromatic heterocycles. The van der Waals surface area contributed by atoms with Crippen LogP contribution in [0.2, 0.25) is 0 Å². The molecule has 1 saturated heterocycles. The molecule has 2 aliphatic rings. The van der Waals surface area contributed by atoms with Gasteiger partial charge in [0.25, 0.3) is 0 Å². The number of rotatable bonds is 5. The van der Waals surface area contributed by atoms with Gasteiger partial charge in [-0.2, -0.15) is 0 Å². The molecular weight excluding hydrogens is 236 g/mol. The van der Waals surface area contributed by atoms with E-state index in [9.17, 15) is 0 Å². The Morgan fingerprint density at radius 1 is 1.16 bits per heavy atom. The molecule has 112 valence electrons. The fraction of sp³-hybridized carbons (Fsp3) is 1.00. The summed E-state index contributed by atoms with van der Waals surface area (Å²) in [5, 5.41) is 3.64. The van der Waals surface area contributed by atoms with Crippen molar-refractivity contribution < 1.29 is 4.74 Å². The third-order valence-electron chi connectivity index (χ3n) is 4.71. The molecule has 3 atom stereocenters. The lowest BCUT2D eigenvalue weighted by atomic mass is 9.87. The lowest BCUT2D eigenvalue weighted by Crippen LogP contribution is -2.60. The summed E-state index contributed by atoms with van der Waals surface area (Å²) in [4.78, 5) is 2.76. The molecule has 1 aliphatic carbocycles. The fourth-order valence-corrected chi connectivity index (χ4v) is 3.63. The number of nitrogens with one attached hydrogen (secondary N) is 1. The molecule has 0 radical (unpaired) electrons. The molecule has 0 amide bonds. The fourth-order valence-electron chi connectivity index (χ4n) is 3.63. The van der Waals surface area contributed by atoms with E-state index in [-0.39, 0.29) is 0 Å². The van der Waals surface area contributed by atoms with Gasteiger partial charge in [-0.05, 0) is 18.8 Å². The number of hydrogen-bond donors (Lipinski definition) is 1. The number of morpholine rings is 1. The molecule has 1 heterocycles. The summed E-state index contributed by atoms with van der Waals surface area (Å²) in [7, 11) is 0. The molecule has 0 aromatic rings. The first-order valence-corrected chi connectivity index (χ1v) is 8.20. The topological polar surface area (TPSA) is 24.5 Å². The zero-order chi connectivity index (χ0) is 13.8. The van der Waals surface area contributed by atoms with E-state index in [0.717, 1.165) is 19.7 Å². The molecule has 2 rings (SSSR count). The molecule has 0 bridgehead atoms. The van der Waals surface area contributed by atoms with E-state index in [0.29, 0.717) is 30.1 Å². The molecule has 2 fully saturated rings. The van der Waals surface area contributed by atoms with Crippen molar-refractivity contribution in [2.45, 2.75) is 77.6 Å². The van der Waals surface area contributed by atoms with Crippen molar-refractivity contribution in [3.63, 3.8) is 0 Å². The normalized spacial score (nSPS) is 30.6. The highest BCUT2D eigenvalue weighted by atomic mass is 16.5. The van der Waals surface area contributed by atoms with Gasteiger partial charge in [0.15, 0.2) is 0 Å². The predicted octanol–water partition coefficient (Wildman–Crippen LogP) is 2.65. The number of nitrogens with zero attached hydrogens (tertiary/aromatic N) is 1. The van der Waals surface area contributed by atoms with Crippen LogP contribution < -0.4 is 5.32 Å². The van der Waals surface area contributed by atoms with Crippen LogP contribution in [0.1, 0.15) is 53.4 Å². The summed E-state index contributed by atoms with van der Waals surface area (Å²) in [5.41, 5.74) is 0. The smallest absolute Gasteiger partial charge is 0.0731 e. The highest BCUT2D eigenvalue weighted by Gasteiger charge is 2.38. The quantitative estimate of drug-likeness (QED) is 0.829. The number of fused-ring (bicyclic) bond motifs is 1. The Balaban J connectivity index is 2.01. The van der Waals surface area contributed by atoms with Gasteiger partial charge in [0.1, 0.15) is 0 Å². The average molecular weight is 268 g/mol. The van der Waals surface area contributed by atoms with Crippen molar-refractivity contribution in [2.75, 3.05) is 19.7 Å². The van der Waals surface area contributed by atoms with Crippen LogP contribution in [0, 0.1) is 5.92 Å². The van der Waals surface area contributed by atoms with Crippen molar-refractivity contribution >= 4 is 0 Å².